The molecule has 0 aromatic heterocycles. The molecule has 0 radical (unpaired) electrons. The van der Waals surface area contributed by atoms with Crippen molar-refractivity contribution in [3.63, 3.8) is 0 Å². The number of rotatable bonds is 8. The Hall–Kier alpha value is -2.28. The number of amides is 3. The Morgan fingerprint density at radius 1 is 1.17 bits per heavy atom. The van der Waals surface area contributed by atoms with Crippen molar-refractivity contribution in [2.45, 2.75) is 13.8 Å². The van der Waals surface area contributed by atoms with Crippen LogP contribution in [0.25, 0.3) is 0 Å². The summed E-state index contributed by atoms with van der Waals surface area (Å²) in [5, 5.41) is 5.55. The van der Waals surface area contributed by atoms with E-state index < -0.39 is 0 Å². The van der Waals surface area contributed by atoms with Crippen LogP contribution in [0.2, 0.25) is 0 Å². The SMILES string of the molecule is CCN(CC)CCNC(=O)Nc1cc(C(=O)N(C)C)ccc1OC. The minimum atomic E-state index is -0.324. The zero-order valence-electron chi connectivity index (χ0n) is 15.2. The molecule has 2 N–H and O–H groups in total. The Labute approximate surface area is 144 Å². The monoisotopic (exact) mass is 336 g/mol. The molecular formula is C17H28N4O3. The summed E-state index contributed by atoms with van der Waals surface area (Å²) in [6, 6.07) is 4.63. The third-order valence-electron chi connectivity index (χ3n) is 3.71. The highest BCUT2D eigenvalue weighted by Crippen LogP contribution is 2.25. The van der Waals surface area contributed by atoms with Crippen LogP contribution in [0.1, 0.15) is 24.2 Å². The Kier molecular flexibility index (Phi) is 8.05. The molecule has 7 heteroatoms. The van der Waals surface area contributed by atoms with Gasteiger partial charge in [0.05, 0.1) is 12.8 Å². The van der Waals surface area contributed by atoms with Crippen LogP contribution in [0.3, 0.4) is 0 Å². The van der Waals surface area contributed by atoms with Gasteiger partial charge in [-0.2, -0.15) is 0 Å². The Balaban J connectivity index is 2.72. The molecule has 1 aromatic carbocycles. The number of urea groups is 1. The largest absolute Gasteiger partial charge is 0.495 e. The van der Waals surface area contributed by atoms with Gasteiger partial charge in [0, 0.05) is 32.7 Å². The fraction of sp³-hybridized carbons (Fsp3) is 0.529. The highest BCUT2D eigenvalue weighted by Gasteiger charge is 2.13. The highest BCUT2D eigenvalue weighted by atomic mass is 16.5. The molecule has 7 nitrogen and oxygen atoms in total. The fourth-order valence-corrected chi connectivity index (χ4v) is 2.23. The third kappa shape index (κ3) is 5.73. The average Bonchev–Trinajstić information content (AvgIpc) is 2.57. The molecule has 0 heterocycles. The van der Waals surface area contributed by atoms with Crippen molar-refractivity contribution in [1.29, 1.82) is 0 Å². The van der Waals surface area contributed by atoms with E-state index in [1.54, 1.807) is 32.3 Å². The van der Waals surface area contributed by atoms with E-state index in [1.165, 1.54) is 12.0 Å². The first-order valence-electron chi connectivity index (χ1n) is 8.09. The molecule has 1 aromatic rings. The van der Waals surface area contributed by atoms with Gasteiger partial charge < -0.3 is 25.2 Å². The van der Waals surface area contributed by atoms with Crippen LogP contribution in [0.4, 0.5) is 10.5 Å². The van der Waals surface area contributed by atoms with Gasteiger partial charge in [-0.25, -0.2) is 4.79 Å². The summed E-state index contributed by atoms with van der Waals surface area (Å²) in [6.07, 6.45) is 0. The Bertz CT molecular complexity index is 557. The van der Waals surface area contributed by atoms with E-state index in [9.17, 15) is 9.59 Å². The van der Waals surface area contributed by atoms with Gasteiger partial charge in [0.25, 0.3) is 5.91 Å². The minimum Gasteiger partial charge on any atom is -0.495 e. The van der Waals surface area contributed by atoms with E-state index in [0.29, 0.717) is 23.5 Å². The molecule has 1 rings (SSSR count). The third-order valence-corrected chi connectivity index (χ3v) is 3.71. The quantitative estimate of drug-likeness (QED) is 0.760. The number of hydrogen-bond donors (Lipinski definition) is 2. The van der Waals surface area contributed by atoms with Gasteiger partial charge in [-0.15, -0.1) is 0 Å². The normalized spacial score (nSPS) is 10.4. The maximum Gasteiger partial charge on any atom is 0.319 e. The lowest BCUT2D eigenvalue weighted by Crippen LogP contribution is -2.37. The lowest BCUT2D eigenvalue weighted by Gasteiger charge is -2.18. The van der Waals surface area contributed by atoms with Crippen LogP contribution in [-0.2, 0) is 0 Å². The molecule has 0 fully saturated rings. The first-order chi connectivity index (χ1) is 11.4. The topological polar surface area (TPSA) is 73.9 Å². The van der Waals surface area contributed by atoms with E-state index in [2.05, 4.69) is 29.4 Å². The van der Waals surface area contributed by atoms with Gasteiger partial charge in [-0.05, 0) is 31.3 Å². The summed E-state index contributed by atoms with van der Waals surface area (Å²) >= 11 is 0. The smallest absolute Gasteiger partial charge is 0.319 e. The number of ether oxygens (including phenoxy) is 1. The first kappa shape index (κ1) is 19.8. The van der Waals surface area contributed by atoms with Gasteiger partial charge in [-0.3, -0.25) is 4.79 Å². The molecule has 0 spiro atoms. The zero-order valence-corrected chi connectivity index (χ0v) is 15.2. The van der Waals surface area contributed by atoms with Crippen molar-refractivity contribution in [3.8, 4) is 5.75 Å². The standard InChI is InChI=1S/C17H28N4O3/c1-6-21(7-2)11-10-18-17(23)19-14-12-13(16(22)20(3)4)8-9-15(14)24-5/h8-9,12H,6-7,10-11H2,1-5H3,(H2,18,19,23). The summed E-state index contributed by atoms with van der Waals surface area (Å²) in [5.74, 6) is 0.367. The fourth-order valence-electron chi connectivity index (χ4n) is 2.23. The molecule has 24 heavy (non-hydrogen) atoms. The van der Waals surface area contributed by atoms with E-state index >= 15 is 0 Å². The van der Waals surface area contributed by atoms with Crippen molar-refractivity contribution in [3.05, 3.63) is 23.8 Å². The Morgan fingerprint density at radius 2 is 1.83 bits per heavy atom. The maximum absolute atomic E-state index is 12.1. The van der Waals surface area contributed by atoms with Gasteiger partial charge in [-0.1, -0.05) is 13.8 Å². The first-order valence-corrected chi connectivity index (χ1v) is 8.09. The summed E-state index contributed by atoms with van der Waals surface area (Å²) in [4.78, 5) is 27.8. The van der Waals surface area contributed by atoms with Crippen molar-refractivity contribution < 1.29 is 14.3 Å². The van der Waals surface area contributed by atoms with Gasteiger partial charge in [0.2, 0.25) is 0 Å². The van der Waals surface area contributed by atoms with E-state index in [-0.39, 0.29) is 11.9 Å². The Morgan fingerprint density at radius 3 is 2.38 bits per heavy atom. The number of carbonyl (C=O) groups is 2. The van der Waals surface area contributed by atoms with Crippen molar-refractivity contribution in [2.75, 3.05) is 52.7 Å². The minimum absolute atomic E-state index is 0.136. The number of anilines is 1. The lowest BCUT2D eigenvalue weighted by molar-refractivity contribution is 0.0827. The molecule has 0 saturated carbocycles. The van der Waals surface area contributed by atoms with Crippen molar-refractivity contribution in [2.24, 2.45) is 0 Å². The molecule has 0 saturated heterocycles. The van der Waals surface area contributed by atoms with E-state index in [0.717, 1.165) is 19.6 Å². The van der Waals surface area contributed by atoms with Crippen LogP contribution >= 0.6 is 0 Å². The predicted octanol–water partition coefficient (Wildman–Crippen LogP) is 1.86. The van der Waals surface area contributed by atoms with E-state index in [4.69, 9.17) is 4.74 Å². The molecule has 0 aliphatic rings. The van der Waals surface area contributed by atoms with Crippen molar-refractivity contribution >= 4 is 17.6 Å². The molecule has 0 unspecified atom stereocenters. The highest BCUT2D eigenvalue weighted by molar-refractivity contribution is 5.97. The zero-order chi connectivity index (χ0) is 18.1. The number of hydrogen-bond acceptors (Lipinski definition) is 4. The van der Waals surface area contributed by atoms with Crippen LogP contribution in [0.5, 0.6) is 5.75 Å². The number of nitrogens with one attached hydrogen (secondary N) is 2. The van der Waals surface area contributed by atoms with Crippen molar-refractivity contribution in [1.82, 2.24) is 15.1 Å². The molecule has 0 atom stereocenters. The molecular weight excluding hydrogens is 308 g/mol. The second kappa shape index (κ2) is 9.77. The number of benzene rings is 1. The second-order valence-corrected chi connectivity index (χ2v) is 5.52. The van der Waals surface area contributed by atoms with Gasteiger partial charge in [0.15, 0.2) is 0 Å². The van der Waals surface area contributed by atoms with Crippen LogP contribution in [-0.4, -0.2) is 69.1 Å². The summed E-state index contributed by atoms with van der Waals surface area (Å²) in [6.45, 7) is 7.40. The number of likely N-dealkylation sites (N-methyl/N-ethyl adjacent to an activating group) is 1. The van der Waals surface area contributed by atoms with E-state index in [1.807, 2.05) is 0 Å². The molecule has 134 valence electrons. The van der Waals surface area contributed by atoms with Crippen LogP contribution in [0.15, 0.2) is 18.2 Å². The maximum atomic E-state index is 12.1. The molecule has 0 aliphatic carbocycles. The van der Waals surface area contributed by atoms with Crippen LogP contribution in [0, 0.1) is 0 Å². The molecule has 0 aliphatic heterocycles. The summed E-state index contributed by atoms with van der Waals surface area (Å²) in [5.41, 5.74) is 0.949. The lowest BCUT2D eigenvalue weighted by atomic mass is 10.1. The predicted molar refractivity (Wildman–Crippen MR) is 95.8 cm³/mol. The van der Waals surface area contributed by atoms with Crippen LogP contribution < -0.4 is 15.4 Å². The second-order valence-electron chi connectivity index (χ2n) is 5.52. The number of nitrogens with zero attached hydrogens (tertiary/aromatic N) is 2. The number of carbonyl (C=O) groups excluding carboxylic acids is 2. The summed E-state index contributed by atoms with van der Waals surface area (Å²) < 4.78 is 5.24. The molecule has 0 bridgehead atoms. The van der Waals surface area contributed by atoms with Gasteiger partial charge >= 0.3 is 6.03 Å². The van der Waals surface area contributed by atoms with Gasteiger partial charge in [0.1, 0.15) is 5.75 Å². The average molecular weight is 336 g/mol. The summed E-state index contributed by atoms with van der Waals surface area (Å²) in [7, 11) is 4.88. The number of methoxy groups -OCH3 is 1. The molecule has 3 amide bonds.